The second kappa shape index (κ2) is 15.0. The number of aryl methyl sites for hydroxylation is 1. The number of allylic oxidation sites excluding steroid dienone is 11. The first kappa shape index (κ1) is 27.3. The van der Waals surface area contributed by atoms with E-state index in [1.165, 1.54) is 33.0 Å². The molecule has 0 radical (unpaired) electrons. The largest absolute Gasteiger partial charge is 0.109 e. The van der Waals surface area contributed by atoms with Crippen LogP contribution >= 0.6 is 7.92 Å². The minimum atomic E-state index is -0.00695. The van der Waals surface area contributed by atoms with Crippen molar-refractivity contribution in [3.63, 3.8) is 0 Å². The molecule has 0 saturated heterocycles. The average Bonchev–Trinajstić information content (AvgIpc) is 2.82. The molecule has 1 heteroatoms. The Bertz CT molecular complexity index is 1170. The molecule has 0 aliphatic carbocycles. The first-order valence-electron chi connectivity index (χ1n) is 11.9. The van der Waals surface area contributed by atoms with Crippen LogP contribution in [0.2, 0.25) is 0 Å². The van der Waals surface area contributed by atoms with Gasteiger partial charge in [-0.05, 0) is 85.8 Å². The van der Waals surface area contributed by atoms with E-state index < -0.39 is 0 Å². The van der Waals surface area contributed by atoms with Gasteiger partial charge >= 0.3 is 0 Å². The quantitative estimate of drug-likeness (QED) is 0.255. The highest BCUT2D eigenvalue weighted by Gasteiger charge is 2.05. The van der Waals surface area contributed by atoms with Crippen molar-refractivity contribution in [1.82, 2.24) is 0 Å². The van der Waals surface area contributed by atoms with Crippen LogP contribution in [0.4, 0.5) is 0 Å². The Hall–Kier alpha value is -2.95. The van der Waals surface area contributed by atoms with E-state index in [0.717, 1.165) is 18.2 Å². The van der Waals surface area contributed by atoms with E-state index in [1.807, 2.05) is 19.1 Å². The first-order valence-corrected chi connectivity index (χ1v) is 14.4. The number of benzene rings is 1. The van der Waals surface area contributed by atoms with Crippen LogP contribution in [0.5, 0.6) is 0 Å². The molecule has 2 aromatic carbocycles. The molecule has 0 aromatic heterocycles. The fourth-order valence-electron chi connectivity index (χ4n) is 3.59. The third kappa shape index (κ3) is 9.12. The summed E-state index contributed by atoms with van der Waals surface area (Å²) < 4.78 is 0. The predicted octanol–water partition coefficient (Wildman–Crippen LogP) is 9.98. The van der Waals surface area contributed by atoms with E-state index >= 15 is 0 Å². The van der Waals surface area contributed by atoms with Crippen molar-refractivity contribution in [2.75, 3.05) is 19.5 Å². The molecule has 0 heterocycles. The van der Waals surface area contributed by atoms with Gasteiger partial charge in [0.05, 0.1) is 0 Å². The molecule has 34 heavy (non-hydrogen) atoms. The summed E-state index contributed by atoms with van der Waals surface area (Å²) >= 11 is 0. The van der Waals surface area contributed by atoms with Crippen LogP contribution in [0.3, 0.4) is 0 Å². The smallest absolute Gasteiger partial charge is 0.0105 e. The molecule has 0 spiro atoms. The number of rotatable bonds is 9. The van der Waals surface area contributed by atoms with Crippen LogP contribution in [0.1, 0.15) is 31.4 Å². The van der Waals surface area contributed by atoms with Gasteiger partial charge in [-0.2, -0.15) is 0 Å². The summed E-state index contributed by atoms with van der Waals surface area (Å²) in [6, 6.07) is 21.5. The monoisotopic (exact) mass is 466 g/mol. The topological polar surface area (TPSA) is 0 Å². The van der Waals surface area contributed by atoms with Crippen molar-refractivity contribution < 1.29 is 0 Å². The van der Waals surface area contributed by atoms with Crippen molar-refractivity contribution in [2.45, 2.75) is 27.2 Å². The maximum atomic E-state index is 4.20. The molecule has 0 amide bonds. The van der Waals surface area contributed by atoms with Crippen LogP contribution < -0.4 is 0 Å². The van der Waals surface area contributed by atoms with Crippen LogP contribution in [-0.2, 0) is 0 Å². The first-order chi connectivity index (χ1) is 16.5. The van der Waals surface area contributed by atoms with Crippen LogP contribution in [0.25, 0.3) is 16.3 Å². The Kier molecular flexibility index (Phi) is 12.1. The van der Waals surface area contributed by atoms with E-state index in [4.69, 9.17) is 0 Å². The Morgan fingerprint density at radius 1 is 0.941 bits per heavy atom. The molecule has 2 rings (SSSR count). The summed E-state index contributed by atoms with van der Waals surface area (Å²) in [5, 5.41) is 2.44. The molecular weight excluding hydrogens is 427 g/mol. The summed E-state index contributed by atoms with van der Waals surface area (Å²) in [5.74, 6) is 0. The molecule has 0 N–H and O–H groups in total. The molecule has 0 unspecified atom stereocenters. The highest BCUT2D eigenvalue weighted by Crippen LogP contribution is 2.29. The number of hydrogen-bond donors (Lipinski definition) is 0. The van der Waals surface area contributed by atoms with Crippen molar-refractivity contribution in [3.05, 3.63) is 138 Å². The minimum Gasteiger partial charge on any atom is -0.109 e. The average molecular weight is 467 g/mol. The molecule has 0 fully saturated rings. The van der Waals surface area contributed by atoms with Gasteiger partial charge < -0.3 is 0 Å². The van der Waals surface area contributed by atoms with Gasteiger partial charge in [0, 0.05) is 0 Å². The third-order valence-corrected chi connectivity index (χ3v) is 6.36. The highest BCUT2D eigenvalue weighted by atomic mass is 31.1. The van der Waals surface area contributed by atoms with Gasteiger partial charge in [0.15, 0.2) is 0 Å². The lowest BCUT2D eigenvalue weighted by molar-refractivity contribution is 1.29. The Morgan fingerprint density at radius 3 is 2.41 bits per heavy atom. The minimum absolute atomic E-state index is 0.00695. The number of hydrogen-bond acceptors (Lipinski definition) is 0. The lowest BCUT2D eigenvalue weighted by Gasteiger charge is -2.10. The summed E-state index contributed by atoms with van der Waals surface area (Å²) in [4.78, 5) is 0. The van der Waals surface area contributed by atoms with Crippen molar-refractivity contribution in [1.29, 1.82) is 0 Å². The molecule has 0 aliphatic heterocycles. The van der Waals surface area contributed by atoms with Crippen molar-refractivity contribution in [3.8, 4) is 0 Å². The molecule has 176 valence electrons. The fourth-order valence-corrected chi connectivity index (χ4v) is 4.15. The van der Waals surface area contributed by atoms with E-state index in [1.54, 1.807) is 0 Å². The SMILES string of the molecule is C=C\C(=C/C(=C\CP(C)C)C(/C)=C/C/C=C\C=C/C)c1cccccc(C)cc2ccccc12. The maximum Gasteiger partial charge on any atom is -0.0105 e. The van der Waals surface area contributed by atoms with Crippen molar-refractivity contribution in [2.24, 2.45) is 0 Å². The van der Waals surface area contributed by atoms with Crippen LogP contribution in [0, 0.1) is 6.92 Å². The van der Waals surface area contributed by atoms with Gasteiger partial charge in [-0.3, -0.25) is 0 Å². The van der Waals surface area contributed by atoms with Gasteiger partial charge in [-0.25, -0.2) is 0 Å². The van der Waals surface area contributed by atoms with Gasteiger partial charge in [0.25, 0.3) is 0 Å². The normalized spacial score (nSPS) is 13.2. The Morgan fingerprint density at radius 2 is 1.68 bits per heavy atom. The summed E-state index contributed by atoms with van der Waals surface area (Å²) in [6.45, 7) is 15.2. The fraction of sp³-hybridized carbons (Fsp3) is 0.212. The zero-order chi connectivity index (χ0) is 24.8. The maximum absolute atomic E-state index is 4.20. The van der Waals surface area contributed by atoms with Gasteiger partial charge in [0.2, 0.25) is 0 Å². The molecule has 0 bridgehead atoms. The van der Waals surface area contributed by atoms with Crippen LogP contribution in [0.15, 0.2) is 127 Å². The molecular formula is C33H39P. The highest BCUT2D eigenvalue weighted by molar-refractivity contribution is 7.56. The molecule has 0 nitrogen and oxygen atoms in total. The molecule has 2 aromatic rings. The van der Waals surface area contributed by atoms with Crippen molar-refractivity contribution >= 4 is 24.3 Å². The van der Waals surface area contributed by atoms with Gasteiger partial charge in [-0.1, -0.05) is 115 Å². The van der Waals surface area contributed by atoms with Gasteiger partial charge in [0.1, 0.15) is 0 Å². The lowest BCUT2D eigenvalue weighted by Crippen LogP contribution is -1.89. The number of fused-ring (bicyclic) bond motifs is 1. The Labute approximate surface area is 208 Å². The summed E-state index contributed by atoms with van der Waals surface area (Å²) in [6.07, 6.45) is 19.4. The zero-order valence-electron chi connectivity index (χ0n) is 21.5. The summed E-state index contributed by atoms with van der Waals surface area (Å²) in [5.41, 5.74) is 6.11. The van der Waals surface area contributed by atoms with E-state index in [-0.39, 0.29) is 7.92 Å². The second-order valence-corrected chi connectivity index (χ2v) is 11.1. The predicted molar refractivity (Wildman–Crippen MR) is 159 cm³/mol. The lowest BCUT2D eigenvalue weighted by atomic mass is 9.95. The molecule has 0 atom stereocenters. The standard InChI is InChI=1S/C33H39P/c1-7-9-10-11-14-19-28(4)30(23-24-34(5)6)26-29(8-2)32-21-15-12-13-18-27(3)25-31-20-16-17-22-33(31)32/h7-13,15-23,25-26H,2,14,24H2,1,3-6H3/b9-7-,11-10-,13-12?,15-12?,18-13?,21-15?,27-18?,27-25?,28-19+,29-26+,30-23+,31-25?,32-21?,33-32?. The van der Waals surface area contributed by atoms with E-state index in [0.29, 0.717) is 0 Å². The third-order valence-electron chi connectivity index (χ3n) is 5.45. The second-order valence-electron chi connectivity index (χ2n) is 8.60. The van der Waals surface area contributed by atoms with Crippen LogP contribution in [-0.4, -0.2) is 19.5 Å². The van der Waals surface area contributed by atoms with E-state index in [2.05, 4.69) is 131 Å². The molecule has 0 saturated carbocycles. The molecule has 0 aliphatic rings. The van der Waals surface area contributed by atoms with E-state index in [9.17, 15) is 0 Å². The zero-order valence-corrected chi connectivity index (χ0v) is 22.4. The Balaban J connectivity index is 2.69. The summed E-state index contributed by atoms with van der Waals surface area (Å²) in [7, 11) is -0.00695. The van der Waals surface area contributed by atoms with Gasteiger partial charge in [-0.15, -0.1) is 7.92 Å².